The van der Waals surface area contributed by atoms with Crippen LogP contribution in [0.5, 0.6) is 0 Å². The fraction of sp³-hybridized carbons (Fsp3) is 0.667. The summed E-state index contributed by atoms with van der Waals surface area (Å²) >= 11 is 5.27. The van der Waals surface area contributed by atoms with E-state index in [-0.39, 0.29) is 0 Å². The highest BCUT2D eigenvalue weighted by Crippen LogP contribution is 2.26. The molecule has 9 heavy (non-hydrogen) atoms. The number of hydrogen-bond donors (Lipinski definition) is 0. The Bertz CT molecular complexity index is 112. The van der Waals surface area contributed by atoms with Crippen LogP contribution in [-0.2, 0) is 4.57 Å². The molecule has 0 N–H and O–H groups in total. The maximum Gasteiger partial charge on any atom is 0.158 e. The van der Waals surface area contributed by atoms with Gasteiger partial charge in [0.1, 0.15) is 0 Å². The molecule has 0 bridgehead atoms. The third-order valence-corrected chi connectivity index (χ3v) is 2.16. The fourth-order valence-electron chi connectivity index (χ4n) is 0.481. The molecule has 0 spiro atoms. The lowest BCUT2D eigenvalue weighted by Gasteiger charge is -1.85. The molecule has 0 aliphatic rings. The SMILES string of the molecule is CCC=CCC[PH](=O)Cl. The van der Waals surface area contributed by atoms with E-state index >= 15 is 0 Å². The highest BCUT2D eigenvalue weighted by Gasteiger charge is 1.87. The second-order valence-electron chi connectivity index (χ2n) is 1.77. The zero-order chi connectivity index (χ0) is 7.11. The molecule has 0 heterocycles. The molecule has 0 aliphatic carbocycles. The highest BCUT2D eigenvalue weighted by molar-refractivity contribution is 7.73. The van der Waals surface area contributed by atoms with Gasteiger partial charge in [-0.05, 0) is 12.8 Å². The van der Waals surface area contributed by atoms with E-state index in [4.69, 9.17) is 11.2 Å². The summed E-state index contributed by atoms with van der Waals surface area (Å²) in [5, 5.41) is 0. The number of allylic oxidation sites excluding steroid dienone is 2. The van der Waals surface area contributed by atoms with Gasteiger partial charge >= 0.3 is 0 Å². The molecule has 54 valence electrons. The van der Waals surface area contributed by atoms with Crippen LogP contribution in [0.2, 0.25) is 0 Å². The van der Waals surface area contributed by atoms with E-state index in [0.29, 0.717) is 6.16 Å². The molecule has 0 aliphatic heterocycles. The molecule has 3 heteroatoms. The lowest BCUT2D eigenvalue weighted by atomic mass is 10.4. The van der Waals surface area contributed by atoms with Gasteiger partial charge < -0.3 is 4.57 Å². The van der Waals surface area contributed by atoms with E-state index in [9.17, 15) is 4.57 Å². The van der Waals surface area contributed by atoms with Crippen LogP contribution in [0.1, 0.15) is 19.8 Å². The lowest BCUT2D eigenvalue weighted by Crippen LogP contribution is -1.68. The van der Waals surface area contributed by atoms with E-state index in [0.717, 1.165) is 12.8 Å². The van der Waals surface area contributed by atoms with E-state index in [1.165, 1.54) is 0 Å². The molecule has 0 aromatic rings. The van der Waals surface area contributed by atoms with Crippen molar-refractivity contribution in [2.45, 2.75) is 19.8 Å². The maximum atomic E-state index is 10.3. The van der Waals surface area contributed by atoms with Gasteiger partial charge in [0.2, 0.25) is 0 Å². The first-order valence-electron chi connectivity index (χ1n) is 3.10. The smallest absolute Gasteiger partial charge is 0.158 e. The number of hydrogen-bond acceptors (Lipinski definition) is 1. The van der Waals surface area contributed by atoms with Gasteiger partial charge in [-0.25, -0.2) is 0 Å². The summed E-state index contributed by atoms with van der Waals surface area (Å²) in [5.41, 5.74) is 0. The molecule has 1 unspecified atom stereocenters. The van der Waals surface area contributed by atoms with E-state index < -0.39 is 7.15 Å². The Balaban J connectivity index is 3.09. The first-order chi connectivity index (χ1) is 4.27. The van der Waals surface area contributed by atoms with Crippen molar-refractivity contribution >= 4 is 18.4 Å². The first kappa shape index (κ1) is 9.26. The molecule has 0 saturated carbocycles. The Morgan fingerprint density at radius 1 is 1.56 bits per heavy atom. The van der Waals surface area contributed by atoms with Crippen LogP contribution in [0.4, 0.5) is 0 Å². The average Bonchev–Trinajstić information content (AvgIpc) is 1.80. The summed E-state index contributed by atoms with van der Waals surface area (Å²) in [6, 6.07) is 0. The fourth-order valence-corrected chi connectivity index (χ4v) is 1.20. The van der Waals surface area contributed by atoms with Crippen molar-refractivity contribution in [1.29, 1.82) is 0 Å². The molecular weight excluding hydrogens is 154 g/mol. The van der Waals surface area contributed by atoms with Crippen LogP contribution in [0, 0.1) is 0 Å². The predicted octanol–water partition coefficient (Wildman–Crippen LogP) is 3.06. The second kappa shape index (κ2) is 6.38. The molecular formula is C6H12ClOP. The molecule has 0 saturated heterocycles. The van der Waals surface area contributed by atoms with Crippen LogP contribution in [0.15, 0.2) is 12.2 Å². The van der Waals surface area contributed by atoms with Gasteiger partial charge in [0.15, 0.2) is 7.15 Å². The Kier molecular flexibility index (Phi) is 6.57. The zero-order valence-corrected chi connectivity index (χ0v) is 7.32. The first-order valence-corrected chi connectivity index (χ1v) is 5.73. The van der Waals surface area contributed by atoms with Gasteiger partial charge in [0.05, 0.1) is 0 Å². The Morgan fingerprint density at radius 2 is 2.22 bits per heavy atom. The van der Waals surface area contributed by atoms with Crippen molar-refractivity contribution in [2.75, 3.05) is 6.16 Å². The van der Waals surface area contributed by atoms with Gasteiger partial charge in [-0.3, -0.25) is 0 Å². The van der Waals surface area contributed by atoms with Crippen molar-refractivity contribution < 1.29 is 4.57 Å². The molecule has 0 fully saturated rings. The van der Waals surface area contributed by atoms with E-state index in [2.05, 4.69) is 13.0 Å². The molecule has 1 nitrogen and oxygen atoms in total. The minimum Gasteiger partial charge on any atom is -0.310 e. The van der Waals surface area contributed by atoms with Crippen molar-refractivity contribution in [1.82, 2.24) is 0 Å². The third-order valence-electron chi connectivity index (χ3n) is 0.910. The summed E-state index contributed by atoms with van der Waals surface area (Å²) in [4.78, 5) is 0. The van der Waals surface area contributed by atoms with Gasteiger partial charge in [-0.2, -0.15) is 0 Å². The summed E-state index contributed by atoms with van der Waals surface area (Å²) in [7, 11) is -1.74. The van der Waals surface area contributed by atoms with Gasteiger partial charge in [-0.15, -0.1) is 0 Å². The van der Waals surface area contributed by atoms with Crippen LogP contribution in [0.3, 0.4) is 0 Å². The normalized spacial score (nSPS) is 14.4. The minimum absolute atomic E-state index is 0.642. The van der Waals surface area contributed by atoms with Crippen molar-refractivity contribution in [3.63, 3.8) is 0 Å². The molecule has 0 rings (SSSR count). The van der Waals surface area contributed by atoms with E-state index in [1.54, 1.807) is 0 Å². The van der Waals surface area contributed by atoms with Gasteiger partial charge in [0, 0.05) is 6.16 Å². The second-order valence-corrected chi connectivity index (χ2v) is 4.25. The van der Waals surface area contributed by atoms with Crippen molar-refractivity contribution in [3.8, 4) is 0 Å². The highest BCUT2D eigenvalue weighted by atomic mass is 35.7. The quantitative estimate of drug-likeness (QED) is 0.464. The number of rotatable bonds is 4. The third kappa shape index (κ3) is 8.26. The minimum atomic E-state index is -1.74. The summed E-state index contributed by atoms with van der Waals surface area (Å²) in [6.07, 6.45) is 6.62. The topological polar surface area (TPSA) is 17.1 Å². The Morgan fingerprint density at radius 3 is 2.67 bits per heavy atom. The number of halogens is 1. The summed E-state index contributed by atoms with van der Waals surface area (Å²) in [5.74, 6) is 0. The molecule has 0 aromatic heterocycles. The van der Waals surface area contributed by atoms with Gasteiger partial charge in [0.25, 0.3) is 0 Å². The summed E-state index contributed by atoms with van der Waals surface area (Å²) in [6.45, 7) is 2.07. The van der Waals surface area contributed by atoms with Crippen molar-refractivity contribution in [3.05, 3.63) is 12.2 Å². The van der Waals surface area contributed by atoms with Crippen LogP contribution >= 0.6 is 18.4 Å². The summed E-state index contributed by atoms with van der Waals surface area (Å²) < 4.78 is 10.3. The Labute approximate surface area is 61.7 Å². The molecule has 0 radical (unpaired) electrons. The van der Waals surface area contributed by atoms with E-state index in [1.807, 2.05) is 6.08 Å². The predicted molar refractivity (Wildman–Crippen MR) is 43.8 cm³/mol. The molecule has 1 atom stereocenters. The monoisotopic (exact) mass is 166 g/mol. The average molecular weight is 167 g/mol. The largest absolute Gasteiger partial charge is 0.310 e. The van der Waals surface area contributed by atoms with Crippen LogP contribution in [0.25, 0.3) is 0 Å². The van der Waals surface area contributed by atoms with Gasteiger partial charge in [-0.1, -0.05) is 30.3 Å². The lowest BCUT2D eigenvalue weighted by molar-refractivity contribution is 0.595. The zero-order valence-electron chi connectivity index (χ0n) is 5.56. The molecule has 0 aromatic carbocycles. The maximum absolute atomic E-state index is 10.3. The van der Waals surface area contributed by atoms with Crippen molar-refractivity contribution in [2.24, 2.45) is 0 Å². The van der Waals surface area contributed by atoms with Crippen LogP contribution in [-0.4, -0.2) is 6.16 Å². The standard InChI is InChI=1S/C6H12ClOP/c1-2-3-4-5-6-9(7)8/h3-4,9H,2,5-6H2,1H3. The Hall–Kier alpha value is 0.260. The van der Waals surface area contributed by atoms with Crippen LogP contribution < -0.4 is 0 Å². The molecule has 0 amide bonds.